The Morgan fingerprint density at radius 3 is 1.08 bits per heavy atom. The maximum absolute atomic E-state index is 6.44. The van der Waals surface area contributed by atoms with Crippen LogP contribution in [0.25, 0.3) is 88.4 Å². The quantitative estimate of drug-likeness (QED) is 0.164. The minimum Gasteiger partial charge on any atom is -0.399 e. The van der Waals surface area contributed by atoms with Crippen molar-refractivity contribution in [1.82, 2.24) is 9.13 Å². The van der Waals surface area contributed by atoms with E-state index in [1.54, 1.807) is 0 Å². The summed E-state index contributed by atoms with van der Waals surface area (Å²) < 4.78 is 4.75. The summed E-state index contributed by atoms with van der Waals surface area (Å²) in [7, 11) is 0. The monoisotopic (exact) mass is 830 g/mol. The highest BCUT2D eigenvalue weighted by molar-refractivity contribution is 6.12. The van der Waals surface area contributed by atoms with Gasteiger partial charge in [-0.1, -0.05) is 133 Å². The zero-order chi connectivity index (χ0) is 43.2. The van der Waals surface area contributed by atoms with Gasteiger partial charge in [0.15, 0.2) is 0 Å². The lowest BCUT2D eigenvalue weighted by Gasteiger charge is -2.34. The van der Waals surface area contributed by atoms with Crippen LogP contribution in [0.2, 0.25) is 0 Å². The van der Waals surface area contributed by atoms with Crippen LogP contribution in [0.3, 0.4) is 0 Å². The Labute approximate surface area is 376 Å². The molecule has 12 aromatic rings. The standard InChI is InChI=1S/C61H42N4/c62-45-27-23-43(24-28-45)61(44-25-29-46(63)30-26-44)55-37-41(39-21-33-59-53(35-39)51-15-7-9-17-57(51)64(59)47-11-3-1-4-12-47)19-31-49(55)50-32-20-42(38-56(50)61)40-22-34-60-54(36-40)52-16-8-10-18-58(52)65(60)48-13-5-2-6-14-48/h1-38H,62-63H2. The van der Waals surface area contributed by atoms with Gasteiger partial charge in [-0.25, -0.2) is 0 Å². The van der Waals surface area contributed by atoms with Gasteiger partial charge < -0.3 is 20.6 Å². The molecule has 13 rings (SSSR count). The highest BCUT2D eigenvalue weighted by Crippen LogP contribution is 2.58. The molecule has 0 amide bonds. The number of nitrogens with zero attached hydrogens (tertiary/aromatic N) is 2. The second-order valence-corrected chi connectivity index (χ2v) is 17.4. The van der Waals surface area contributed by atoms with Crippen LogP contribution in [0.4, 0.5) is 11.4 Å². The molecular weight excluding hydrogens is 789 g/mol. The molecular formula is C61H42N4. The molecule has 2 aromatic heterocycles. The molecule has 10 aromatic carbocycles. The maximum atomic E-state index is 6.44. The van der Waals surface area contributed by atoms with Crippen LogP contribution < -0.4 is 11.5 Å². The number of aromatic nitrogens is 2. The van der Waals surface area contributed by atoms with Gasteiger partial charge in [-0.3, -0.25) is 0 Å². The molecule has 0 spiro atoms. The van der Waals surface area contributed by atoms with Gasteiger partial charge in [-0.15, -0.1) is 0 Å². The van der Waals surface area contributed by atoms with Crippen LogP contribution >= 0.6 is 0 Å². The SMILES string of the molecule is Nc1ccc(C2(c3ccc(N)cc3)c3cc(-c4ccc5c(c4)c4ccccc4n5-c4ccccc4)ccc3-c3ccc(-c4ccc5c(c4)c4ccccc4n5-c4ccccc4)cc32)cc1. The zero-order valence-corrected chi connectivity index (χ0v) is 35.5. The van der Waals surface area contributed by atoms with Crippen molar-refractivity contribution in [2.75, 3.05) is 11.5 Å². The minimum absolute atomic E-state index is 0.682. The van der Waals surface area contributed by atoms with E-state index >= 15 is 0 Å². The number of nitrogen functional groups attached to an aromatic ring is 2. The summed E-state index contributed by atoms with van der Waals surface area (Å²) in [4.78, 5) is 0. The van der Waals surface area contributed by atoms with Crippen molar-refractivity contribution in [3.05, 3.63) is 253 Å². The van der Waals surface area contributed by atoms with E-state index in [1.165, 1.54) is 77.0 Å². The van der Waals surface area contributed by atoms with E-state index in [4.69, 9.17) is 11.5 Å². The van der Waals surface area contributed by atoms with E-state index in [-0.39, 0.29) is 0 Å². The van der Waals surface area contributed by atoms with Crippen molar-refractivity contribution in [2.24, 2.45) is 0 Å². The second-order valence-electron chi connectivity index (χ2n) is 17.4. The van der Waals surface area contributed by atoms with Gasteiger partial charge in [-0.05, 0) is 153 Å². The van der Waals surface area contributed by atoms with E-state index < -0.39 is 5.41 Å². The summed E-state index contributed by atoms with van der Waals surface area (Å²) in [6, 6.07) is 83.7. The van der Waals surface area contributed by atoms with Crippen molar-refractivity contribution in [3.63, 3.8) is 0 Å². The van der Waals surface area contributed by atoms with Crippen molar-refractivity contribution >= 4 is 55.0 Å². The molecule has 0 radical (unpaired) electrons. The fourth-order valence-corrected chi connectivity index (χ4v) is 11.0. The predicted molar refractivity (Wildman–Crippen MR) is 272 cm³/mol. The van der Waals surface area contributed by atoms with Crippen molar-refractivity contribution < 1.29 is 0 Å². The van der Waals surface area contributed by atoms with E-state index in [0.29, 0.717) is 0 Å². The van der Waals surface area contributed by atoms with E-state index in [2.05, 4.69) is 215 Å². The molecule has 0 atom stereocenters. The van der Waals surface area contributed by atoms with Crippen LogP contribution in [-0.4, -0.2) is 9.13 Å². The summed E-state index contributed by atoms with van der Waals surface area (Å²) in [6.45, 7) is 0. The van der Waals surface area contributed by atoms with Crippen molar-refractivity contribution in [2.45, 2.75) is 5.41 Å². The third kappa shape index (κ3) is 5.51. The van der Waals surface area contributed by atoms with Gasteiger partial charge in [0.1, 0.15) is 0 Å². The number of rotatable bonds is 6. The van der Waals surface area contributed by atoms with Crippen LogP contribution in [0.1, 0.15) is 22.3 Å². The molecule has 1 aliphatic carbocycles. The molecule has 0 aliphatic heterocycles. The van der Waals surface area contributed by atoms with Crippen LogP contribution in [0, 0.1) is 0 Å². The van der Waals surface area contributed by atoms with Crippen LogP contribution in [0.15, 0.2) is 231 Å². The van der Waals surface area contributed by atoms with Crippen LogP contribution in [-0.2, 0) is 5.41 Å². The first-order chi connectivity index (χ1) is 32.0. The topological polar surface area (TPSA) is 61.9 Å². The fourth-order valence-electron chi connectivity index (χ4n) is 11.0. The first kappa shape index (κ1) is 37.0. The Morgan fingerprint density at radius 1 is 0.292 bits per heavy atom. The Morgan fingerprint density at radius 2 is 0.646 bits per heavy atom. The highest BCUT2D eigenvalue weighted by atomic mass is 15.0. The summed E-state index contributed by atoms with van der Waals surface area (Å²) >= 11 is 0. The number of anilines is 2. The van der Waals surface area contributed by atoms with Crippen LogP contribution in [0.5, 0.6) is 0 Å². The molecule has 4 heteroatoms. The smallest absolute Gasteiger partial charge is 0.0714 e. The molecule has 4 nitrogen and oxygen atoms in total. The van der Waals surface area contributed by atoms with E-state index in [9.17, 15) is 0 Å². The van der Waals surface area contributed by atoms with Crippen molar-refractivity contribution in [1.29, 1.82) is 0 Å². The normalized spacial score (nSPS) is 12.9. The zero-order valence-electron chi connectivity index (χ0n) is 35.5. The molecule has 0 unspecified atom stereocenters. The van der Waals surface area contributed by atoms with Gasteiger partial charge in [0.25, 0.3) is 0 Å². The number of para-hydroxylation sites is 4. The van der Waals surface area contributed by atoms with E-state index in [1.807, 2.05) is 24.3 Å². The summed E-state index contributed by atoms with van der Waals surface area (Å²) in [5.74, 6) is 0. The van der Waals surface area contributed by atoms with Gasteiger partial charge in [0.2, 0.25) is 0 Å². The molecule has 306 valence electrons. The maximum Gasteiger partial charge on any atom is 0.0714 e. The number of hydrogen-bond donors (Lipinski definition) is 2. The molecule has 0 bridgehead atoms. The predicted octanol–water partition coefficient (Wildman–Crippen LogP) is 14.7. The molecule has 1 aliphatic rings. The number of benzene rings is 10. The summed E-state index contributed by atoms with van der Waals surface area (Å²) in [5.41, 5.74) is 32.5. The summed E-state index contributed by atoms with van der Waals surface area (Å²) in [6.07, 6.45) is 0. The Bertz CT molecular complexity index is 3570. The number of fused-ring (bicyclic) bond motifs is 9. The lowest BCUT2D eigenvalue weighted by atomic mass is 9.67. The molecule has 0 saturated heterocycles. The summed E-state index contributed by atoms with van der Waals surface area (Å²) in [5, 5.41) is 4.91. The highest BCUT2D eigenvalue weighted by Gasteiger charge is 2.46. The average Bonchev–Trinajstić information content (AvgIpc) is 3.98. The Hall–Kier alpha value is -8.60. The number of nitrogens with two attached hydrogens (primary N) is 2. The first-order valence-corrected chi connectivity index (χ1v) is 22.2. The minimum atomic E-state index is -0.682. The Balaban J connectivity index is 1.03. The molecule has 2 heterocycles. The fraction of sp³-hybridized carbons (Fsp3) is 0.0164. The van der Waals surface area contributed by atoms with Gasteiger partial charge in [0.05, 0.1) is 27.5 Å². The molecule has 65 heavy (non-hydrogen) atoms. The molecule has 4 N–H and O–H groups in total. The van der Waals surface area contributed by atoms with Gasteiger partial charge in [0, 0.05) is 44.3 Å². The molecule has 0 fully saturated rings. The lowest BCUT2D eigenvalue weighted by molar-refractivity contribution is 0.769. The average molecular weight is 831 g/mol. The second kappa shape index (κ2) is 14.2. The third-order valence-electron chi connectivity index (χ3n) is 13.9. The third-order valence-corrected chi connectivity index (χ3v) is 13.9. The van der Waals surface area contributed by atoms with Gasteiger partial charge >= 0.3 is 0 Å². The Kier molecular flexibility index (Phi) is 8.09. The van der Waals surface area contributed by atoms with Gasteiger partial charge in [-0.2, -0.15) is 0 Å². The molecule has 0 saturated carbocycles. The first-order valence-electron chi connectivity index (χ1n) is 22.2. The largest absolute Gasteiger partial charge is 0.399 e. The van der Waals surface area contributed by atoms with Crippen molar-refractivity contribution in [3.8, 4) is 44.8 Å². The number of hydrogen-bond acceptors (Lipinski definition) is 2. The lowest BCUT2D eigenvalue weighted by Crippen LogP contribution is -2.28. The van der Waals surface area contributed by atoms with E-state index in [0.717, 1.165) is 45.0 Å².